The van der Waals surface area contributed by atoms with Crippen molar-refractivity contribution in [2.75, 3.05) is 26.4 Å². The number of ether oxygens (including phenoxy) is 7. The predicted octanol–water partition coefficient (Wildman–Crippen LogP) is 11.6. The van der Waals surface area contributed by atoms with Gasteiger partial charge in [0.2, 0.25) is 0 Å². The number of phosphoric acid groups is 1. The molecule has 3 fully saturated rings. The number of carbonyl (C=O) groups is 3. The molecule has 19 atom stereocenters. The first kappa shape index (κ1) is 92.2. The van der Waals surface area contributed by atoms with E-state index in [1.165, 1.54) is 167 Å². The molecule has 590 valence electrons. The third-order valence-corrected chi connectivity index (χ3v) is 21.0. The maximum Gasteiger partial charge on any atom is 0.472 e. The van der Waals surface area contributed by atoms with Crippen LogP contribution in [0.15, 0.2) is 0 Å². The van der Waals surface area contributed by atoms with E-state index in [1.54, 1.807) is 0 Å². The molecule has 11 N–H and O–H groups in total. The van der Waals surface area contributed by atoms with Crippen LogP contribution in [0.2, 0.25) is 0 Å². The average Bonchev–Trinajstić information content (AvgIpc) is 0.759. The maximum atomic E-state index is 14.4. The van der Waals surface area contributed by atoms with Crippen molar-refractivity contribution in [2.45, 2.75) is 427 Å². The topological polar surface area (TPSA) is 374 Å². The quantitative estimate of drug-likeness (QED) is 0.0117. The molecule has 0 aromatic carbocycles. The Bertz CT molecular complexity index is 2080. The van der Waals surface area contributed by atoms with Gasteiger partial charge < -0.3 is 89.1 Å². The van der Waals surface area contributed by atoms with Gasteiger partial charge in [0, 0.05) is 19.3 Å². The third-order valence-electron chi connectivity index (χ3n) is 20.0. The van der Waals surface area contributed by atoms with E-state index in [0.717, 1.165) is 89.9 Å². The van der Waals surface area contributed by atoms with Gasteiger partial charge in [0.15, 0.2) is 18.7 Å². The van der Waals surface area contributed by atoms with Crippen molar-refractivity contribution < 1.29 is 117 Å². The first-order valence-electron chi connectivity index (χ1n) is 39.7. The molecule has 25 heteroatoms. The predicted molar refractivity (Wildman–Crippen MR) is 379 cm³/mol. The lowest BCUT2D eigenvalue weighted by atomic mass is 9.84. The lowest BCUT2D eigenvalue weighted by molar-refractivity contribution is -0.360. The lowest BCUT2D eigenvalue weighted by Gasteiger charge is -2.49. The summed E-state index contributed by atoms with van der Waals surface area (Å²) in [5.41, 5.74) is 0. The fourth-order valence-corrected chi connectivity index (χ4v) is 14.4. The van der Waals surface area contributed by atoms with E-state index in [0.29, 0.717) is 25.2 Å². The summed E-state index contributed by atoms with van der Waals surface area (Å²) in [6.45, 7) is 5.80. The van der Waals surface area contributed by atoms with Crippen LogP contribution >= 0.6 is 7.82 Å². The van der Waals surface area contributed by atoms with Gasteiger partial charge in [-0.3, -0.25) is 23.4 Å². The Morgan fingerprint density at radius 2 is 0.700 bits per heavy atom. The summed E-state index contributed by atoms with van der Waals surface area (Å²) >= 11 is 0. The minimum absolute atomic E-state index is 0.0331. The zero-order valence-corrected chi connectivity index (χ0v) is 62.8. The van der Waals surface area contributed by atoms with Gasteiger partial charge >= 0.3 is 25.7 Å². The summed E-state index contributed by atoms with van der Waals surface area (Å²) in [6.07, 6.45) is 13.0. The molecule has 100 heavy (non-hydrogen) atoms. The van der Waals surface area contributed by atoms with E-state index in [-0.39, 0.29) is 19.3 Å². The monoisotopic (exact) mass is 1460 g/mol. The van der Waals surface area contributed by atoms with Crippen LogP contribution in [0, 0.1) is 5.92 Å². The molecule has 2 saturated heterocycles. The van der Waals surface area contributed by atoms with Crippen molar-refractivity contribution in [1.29, 1.82) is 0 Å². The van der Waals surface area contributed by atoms with E-state index < -0.39 is 156 Å². The SMILES string of the molecule is CCCCCCCCCCCCCCCCCCC(=O)OCC(COP(=O)(O)OC1C(OC2OC(CO)C(O)C(O)C2O)C(O)C(O)C(O)C1OC1OC(COC(=O)CCCCCCCCCCCCCCC)C(O)C(O)C1O)OC(=O)CCCCCCCCC(C)CCCCCCCC. The smallest absolute Gasteiger partial charge is 0.463 e. The molecule has 0 radical (unpaired) electrons. The summed E-state index contributed by atoms with van der Waals surface area (Å²) in [6, 6.07) is 0. The highest BCUT2D eigenvalue weighted by Gasteiger charge is 2.58. The molecule has 2 heterocycles. The molecule has 0 aromatic rings. The highest BCUT2D eigenvalue weighted by Crippen LogP contribution is 2.49. The second-order valence-electron chi connectivity index (χ2n) is 29.1. The standard InChI is InChI=1S/C75H141O24P/c1-5-8-11-14-17-19-21-23-24-25-27-29-30-32-38-43-48-59(77)91-52-56(94-61(79)50-45-40-35-34-37-42-47-55(4)46-41-36-16-13-10-7-3)53-93-100(89,90)99-73-71(97-74-69(87)64(82)62(80)57(51-76)95-74)67(85)66(84)68(86)72(73)98-75-70(88)65(83)63(81)58(96-75)54-92-60(78)49-44-39-33-31-28-26-22-20-18-15-12-9-6-2/h55-58,62-76,80-88H,5-54H2,1-4H3,(H,89,90). The van der Waals surface area contributed by atoms with Crippen molar-refractivity contribution in [3.63, 3.8) is 0 Å². The second kappa shape index (κ2) is 56.3. The number of phosphoric ester groups is 1. The molecule has 1 aliphatic carbocycles. The number of unbranched alkanes of at least 4 members (excludes halogenated alkanes) is 37. The van der Waals surface area contributed by atoms with Crippen molar-refractivity contribution in [1.82, 2.24) is 0 Å². The molecule has 2 aliphatic heterocycles. The Morgan fingerprint density at radius 3 is 1.08 bits per heavy atom. The normalized spacial score (nSPS) is 27.6. The molecule has 0 amide bonds. The summed E-state index contributed by atoms with van der Waals surface area (Å²) < 4.78 is 65.2. The number of rotatable bonds is 62. The highest BCUT2D eigenvalue weighted by molar-refractivity contribution is 7.47. The summed E-state index contributed by atoms with van der Waals surface area (Å²) in [7, 11) is -5.70. The first-order valence-corrected chi connectivity index (χ1v) is 41.2. The number of hydrogen-bond donors (Lipinski definition) is 11. The van der Waals surface area contributed by atoms with Gasteiger partial charge in [0.05, 0.1) is 13.2 Å². The minimum atomic E-state index is -5.70. The van der Waals surface area contributed by atoms with Crippen molar-refractivity contribution >= 4 is 25.7 Å². The van der Waals surface area contributed by atoms with Crippen LogP contribution in [0.3, 0.4) is 0 Å². The molecule has 3 rings (SSSR count). The minimum Gasteiger partial charge on any atom is -0.463 e. The van der Waals surface area contributed by atoms with Crippen LogP contribution < -0.4 is 0 Å². The fourth-order valence-electron chi connectivity index (χ4n) is 13.5. The van der Waals surface area contributed by atoms with E-state index >= 15 is 0 Å². The second-order valence-corrected chi connectivity index (χ2v) is 30.5. The van der Waals surface area contributed by atoms with Crippen LogP contribution in [0.4, 0.5) is 0 Å². The van der Waals surface area contributed by atoms with E-state index in [4.69, 9.17) is 42.2 Å². The number of carbonyl (C=O) groups excluding carboxylic acids is 3. The Labute approximate surface area is 600 Å². The molecule has 0 bridgehead atoms. The molecule has 19 unspecified atom stereocenters. The largest absolute Gasteiger partial charge is 0.472 e. The molecular weight excluding hydrogens is 1320 g/mol. The van der Waals surface area contributed by atoms with E-state index in [9.17, 15) is 74.9 Å². The van der Waals surface area contributed by atoms with Crippen LogP contribution in [-0.4, -0.2) is 204 Å². The number of aliphatic hydroxyl groups excluding tert-OH is 10. The maximum absolute atomic E-state index is 14.4. The number of hydrogen-bond acceptors (Lipinski definition) is 23. The van der Waals surface area contributed by atoms with Crippen molar-refractivity contribution in [2.24, 2.45) is 5.92 Å². The van der Waals surface area contributed by atoms with Gasteiger partial charge in [0.25, 0.3) is 0 Å². The Kier molecular flexibility index (Phi) is 51.9. The van der Waals surface area contributed by atoms with E-state index in [1.807, 2.05) is 0 Å². The van der Waals surface area contributed by atoms with Gasteiger partial charge in [-0.15, -0.1) is 0 Å². The molecule has 3 aliphatic rings. The zero-order valence-electron chi connectivity index (χ0n) is 61.9. The molecule has 0 spiro atoms. The van der Waals surface area contributed by atoms with Gasteiger partial charge in [-0.1, -0.05) is 285 Å². The van der Waals surface area contributed by atoms with Crippen LogP contribution in [0.5, 0.6) is 0 Å². The molecule has 24 nitrogen and oxygen atoms in total. The lowest BCUT2D eigenvalue weighted by Crippen LogP contribution is -2.69. The fraction of sp³-hybridized carbons (Fsp3) is 0.960. The highest BCUT2D eigenvalue weighted by atomic mass is 31.2. The molecule has 1 saturated carbocycles. The van der Waals surface area contributed by atoms with Crippen LogP contribution in [0.1, 0.15) is 323 Å². The Balaban J connectivity index is 1.72. The summed E-state index contributed by atoms with van der Waals surface area (Å²) in [5, 5.41) is 110. The summed E-state index contributed by atoms with van der Waals surface area (Å²) in [5.74, 6) is -1.29. The van der Waals surface area contributed by atoms with Gasteiger partial charge in [-0.05, 0) is 25.2 Å². The van der Waals surface area contributed by atoms with Crippen molar-refractivity contribution in [3.8, 4) is 0 Å². The third kappa shape index (κ3) is 39.0. The molecular formula is C75H141O24P. The number of aliphatic hydroxyl groups is 10. The molecule has 0 aromatic heterocycles. The van der Waals surface area contributed by atoms with Gasteiger partial charge in [0.1, 0.15) is 98.7 Å². The van der Waals surface area contributed by atoms with Crippen molar-refractivity contribution in [3.05, 3.63) is 0 Å². The first-order chi connectivity index (χ1) is 48.2. The zero-order chi connectivity index (χ0) is 73.3. The van der Waals surface area contributed by atoms with Crippen LogP contribution in [-0.2, 0) is 61.2 Å². The van der Waals surface area contributed by atoms with E-state index in [2.05, 4.69) is 27.7 Å². The number of esters is 3. The summed E-state index contributed by atoms with van der Waals surface area (Å²) in [4.78, 5) is 51.1. The van der Waals surface area contributed by atoms with Gasteiger partial charge in [-0.2, -0.15) is 0 Å². The average molecular weight is 1460 g/mol. The Hall–Kier alpha value is -2.04. The van der Waals surface area contributed by atoms with Gasteiger partial charge in [-0.25, -0.2) is 4.57 Å². The Morgan fingerprint density at radius 1 is 0.380 bits per heavy atom. The van der Waals surface area contributed by atoms with Crippen LogP contribution in [0.25, 0.3) is 0 Å².